The molecule has 7 nitrogen and oxygen atoms in total. The van der Waals surface area contributed by atoms with Gasteiger partial charge in [-0.05, 0) is 18.7 Å². The van der Waals surface area contributed by atoms with Crippen molar-refractivity contribution in [3.05, 3.63) is 23.4 Å². The van der Waals surface area contributed by atoms with E-state index in [0.717, 1.165) is 10.6 Å². The van der Waals surface area contributed by atoms with E-state index in [1.807, 2.05) is 6.92 Å². The van der Waals surface area contributed by atoms with E-state index in [-0.39, 0.29) is 0 Å². The van der Waals surface area contributed by atoms with Crippen LogP contribution in [0.5, 0.6) is 0 Å². The van der Waals surface area contributed by atoms with E-state index in [0.29, 0.717) is 16.1 Å². The summed E-state index contributed by atoms with van der Waals surface area (Å²) in [7, 11) is 0. The second-order valence-electron chi connectivity index (χ2n) is 3.20. The third-order valence-corrected chi connectivity index (χ3v) is 3.57. The topological polar surface area (TPSA) is 84.7 Å². The lowest BCUT2D eigenvalue weighted by Crippen LogP contribution is -2.00. The molecule has 17 heavy (non-hydrogen) atoms. The Morgan fingerprint density at radius 2 is 2.24 bits per heavy atom. The first-order valence-corrected chi connectivity index (χ1v) is 5.84. The number of hydrogen-bond donors (Lipinski definition) is 1. The molecule has 0 amide bonds. The molecule has 86 valence electrons. The van der Waals surface area contributed by atoms with Crippen LogP contribution in [0, 0.1) is 6.92 Å². The van der Waals surface area contributed by atoms with Crippen molar-refractivity contribution in [1.82, 2.24) is 34.8 Å². The van der Waals surface area contributed by atoms with Crippen molar-refractivity contribution in [2.45, 2.75) is 17.1 Å². The molecule has 0 fully saturated rings. The number of nitrogens with zero attached hydrogens (tertiary/aromatic N) is 6. The first-order chi connectivity index (χ1) is 8.25. The van der Waals surface area contributed by atoms with Gasteiger partial charge in [0, 0.05) is 5.56 Å². The van der Waals surface area contributed by atoms with Crippen LogP contribution in [0.3, 0.4) is 0 Å². The summed E-state index contributed by atoms with van der Waals surface area (Å²) in [6, 6.07) is 0. The fourth-order valence-corrected chi connectivity index (χ4v) is 2.40. The minimum absolute atomic E-state index is 0.410. The molecular weight excluding hydrogens is 262 g/mol. The van der Waals surface area contributed by atoms with E-state index in [2.05, 4.69) is 30.2 Å². The third-order valence-electron chi connectivity index (χ3n) is 2.14. The predicted molar refractivity (Wildman–Crippen MR) is 61.0 cm³/mol. The summed E-state index contributed by atoms with van der Waals surface area (Å²) in [5.74, 6) is 0.461. The number of nitrogens with one attached hydrogen (secondary N) is 1. The standard InChI is InChI=1S/C8H6ClN7S/c1-4-5(9)14-7-10-3-13-16(7)6(4)17-8-11-2-12-15-8/h2-3H,1H3,(H,11,12,15). The fourth-order valence-electron chi connectivity index (χ4n) is 1.33. The Labute approximate surface area is 105 Å². The molecule has 3 heterocycles. The first-order valence-electron chi connectivity index (χ1n) is 4.65. The van der Waals surface area contributed by atoms with E-state index in [1.165, 1.54) is 24.4 Å². The molecule has 9 heteroatoms. The number of hydrogen-bond acceptors (Lipinski definition) is 6. The van der Waals surface area contributed by atoms with Crippen LogP contribution in [0.4, 0.5) is 0 Å². The van der Waals surface area contributed by atoms with E-state index in [4.69, 9.17) is 11.6 Å². The smallest absolute Gasteiger partial charge is 0.254 e. The zero-order chi connectivity index (χ0) is 11.8. The summed E-state index contributed by atoms with van der Waals surface area (Å²) in [4.78, 5) is 12.2. The highest BCUT2D eigenvalue weighted by Gasteiger charge is 2.14. The summed E-state index contributed by atoms with van der Waals surface area (Å²) >= 11 is 7.41. The van der Waals surface area contributed by atoms with E-state index < -0.39 is 0 Å². The number of aromatic nitrogens is 7. The van der Waals surface area contributed by atoms with Crippen LogP contribution in [0.25, 0.3) is 5.78 Å². The molecule has 1 N–H and O–H groups in total. The van der Waals surface area contributed by atoms with Crippen LogP contribution in [0.1, 0.15) is 5.56 Å². The molecule has 3 aromatic rings. The summed E-state index contributed by atoms with van der Waals surface area (Å²) in [5, 5.41) is 12.5. The molecule has 0 aliphatic rings. The molecule has 0 atom stereocenters. The molecular formula is C8H6ClN7S. The minimum atomic E-state index is 0.410. The molecule has 3 aromatic heterocycles. The maximum atomic E-state index is 6.04. The van der Waals surface area contributed by atoms with Crippen molar-refractivity contribution < 1.29 is 0 Å². The quantitative estimate of drug-likeness (QED) is 0.706. The van der Waals surface area contributed by atoms with Crippen LogP contribution in [0.15, 0.2) is 22.8 Å². The molecule has 0 aliphatic heterocycles. The molecule has 3 rings (SSSR count). The fraction of sp³-hybridized carbons (Fsp3) is 0.125. The summed E-state index contributed by atoms with van der Waals surface area (Å²) < 4.78 is 1.62. The van der Waals surface area contributed by atoms with Crippen LogP contribution in [0.2, 0.25) is 5.15 Å². The second kappa shape index (κ2) is 3.97. The Balaban J connectivity index is 2.19. The van der Waals surface area contributed by atoms with Crippen LogP contribution in [-0.4, -0.2) is 34.8 Å². The minimum Gasteiger partial charge on any atom is -0.254 e. The van der Waals surface area contributed by atoms with Gasteiger partial charge in [0.2, 0.25) is 0 Å². The number of halogens is 1. The van der Waals surface area contributed by atoms with Gasteiger partial charge in [-0.15, -0.1) is 0 Å². The van der Waals surface area contributed by atoms with Crippen molar-refractivity contribution in [2.24, 2.45) is 0 Å². The second-order valence-corrected chi connectivity index (χ2v) is 4.53. The molecule has 0 spiro atoms. The van der Waals surface area contributed by atoms with E-state index in [1.54, 1.807) is 4.52 Å². The van der Waals surface area contributed by atoms with Gasteiger partial charge in [0.05, 0.1) is 0 Å². The molecule has 0 saturated carbocycles. The summed E-state index contributed by atoms with van der Waals surface area (Å²) in [5.41, 5.74) is 0.825. The number of H-pyrrole nitrogens is 1. The maximum absolute atomic E-state index is 6.04. The lowest BCUT2D eigenvalue weighted by Gasteiger charge is -2.06. The first kappa shape index (κ1) is 10.5. The average molecular weight is 268 g/mol. The molecule has 0 aromatic carbocycles. The monoisotopic (exact) mass is 267 g/mol. The highest BCUT2D eigenvalue weighted by Crippen LogP contribution is 2.30. The van der Waals surface area contributed by atoms with Crippen LogP contribution >= 0.6 is 23.4 Å². The van der Waals surface area contributed by atoms with Crippen molar-refractivity contribution in [1.29, 1.82) is 0 Å². The molecule has 0 unspecified atom stereocenters. The van der Waals surface area contributed by atoms with Gasteiger partial charge in [0.1, 0.15) is 22.8 Å². The molecule has 0 saturated heterocycles. The van der Waals surface area contributed by atoms with Gasteiger partial charge in [-0.1, -0.05) is 11.6 Å². The van der Waals surface area contributed by atoms with Gasteiger partial charge in [0.15, 0.2) is 5.16 Å². The van der Waals surface area contributed by atoms with Gasteiger partial charge in [-0.3, -0.25) is 5.10 Å². The highest BCUT2D eigenvalue weighted by molar-refractivity contribution is 7.99. The van der Waals surface area contributed by atoms with Crippen molar-refractivity contribution in [2.75, 3.05) is 0 Å². The Kier molecular flexibility index (Phi) is 2.45. The largest absolute Gasteiger partial charge is 0.254 e. The lowest BCUT2D eigenvalue weighted by atomic mass is 10.4. The SMILES string of the molecule is Cc1c(Cl)nc2ncnn2c1Sc1ncn[nH]1. The Morgan fingerprint density at radius 3 is 3.00 bits per heavy atom. The third kappa shape index (κ3) is 1.75. The zero-order valence-corrected chi connectivity index (χ0v) is 10.2. The van der Waals surface area contributed by atoms with Crippen LogP contribution < -0.4 is 0 Å². The van der Waals surface area contributed by atoms with Crippen molar-refractivity contribution >= 4 is 29.1 Å². The zero-order valence-electron chi connectivity index (χ0n) is 8.62. The predicted octanol–water partition coefficient (Wildman–Crippen LogP) is 1.36. The lowest BCUT2D eigenvalue weighted by molar-refractivity contribution is 0.821. The Bertz CT molecular complexity index is 662. The molecule has 0 aliphatic carbocycles. The Morgan fingerprint density at radius 1 is 1.35 bits per heavy atom. The van der Waals surface area contributed by atoms with Crippen LogP contribution in [-0.2, 0) is 0 Å². The summed E-state index contributed by atoms with van der Waals surface area (Å²) in [6.45, 7) is 1.87. The van der Waals surface area contributed by atoms with Gasteiger partial charge >= 0.3 is 0 Å². The number of aromatic amines is 1. The van der Waals surface area contributed by atoms with Gasteiger partial charge in [-0.2, -0.15) is 24.7 Å². The number of rotatable bonds is 2. The van der Waals surface area contributed by atoms with Crippen molar-refractivity contribution in [3.63, 3.8) is 0 Å². The van der Waals surface area contributed by atoms with Gasteiger partial charge in [0.25, 0.3) is 5.78 Å². The number of fused-ring (bicyclic) bond motifs is 1. The maximum Gasteiger partial charge on any atom is 0.254 e. The summed E-state index contributed by atoms with van der Waals surface area (Å²) in [6.07, 6.45) is 2.88. The molecule has 0 radical (unpaired) electrons. The Hall–Kier alpha value is -1.67. The van der Waals surface area contributed by atoms with E-state index >= 15 is 0 Å². The normalized spacial score (nSPS) is 11.2. The van der Waals surface area contributed by atoms with Crippen molar-refractivity contribution in [3.8, 4) is 0 Å². The van der Waals surface area contributed by atoms with Gasteiger partial charge < -0.3 is 0 Å². The average Bonchev–Trinajstić information content (AvgIpc) is 2.94. The van der Waals surface area contributed by atoms with Gasteiger partial charge in [-0.25, -0.2) is 4.98 Å². The van der Waals surface area contributed by atoms with E-state index in [9.17, 15) is 0 Å². The highest BCUT2D eigenvalue weighted by atomic mass is 35.5. The molecule has 0 bridgehead atoms.